The fourth-order valence-corrected chi connectivity index (χ4v) is 4.96. The van der Waals surface area contributed by atoms with Gasteiger partial charge in [0, 0.05) is 16.9 Å². The van der Waals surface area contributed by atoms with E-state index in [0.717, 1.165) is 16.9 Å². The minimum absolute atomic E-state index is 0.454. The largest absolute Gasteiger partial charge is 0.495 e. The molecule has 2 aromatic rings. The molecule has 0 amide bonds. The molecule has 3 rings (SSSR count). The number of aliphatic hydroxyl groups excluding tert-OH is 4. The topological polar surface area (TPSA) is 99.4 Å². The van der Waals surface area contributed by atoms with E-state index in [0.29, 0.717) is 17.0 Å². The summed E-state index contributed by atoms with van der Waals surface area (Å²) in [5.41, 5.74) is 3.41. The summed E-state index contributed by atoms with van der Waals surface area (Å²) in [6.45, 7) is 3.62. The first-order valence-electron chi connectivity index (χ1n) is 9.45. The maximum atomic E-state index is 10.5. The van der Waals surface area contributed by atoms with Gasteiger partial charge in [-0.1, -0.05) is 31.2 Å². The van der Waals surface area contributed by atoms with Crippen LogP contribution in [-0.4, -0.2) is 58.6 Å². The van der Waals surface area contributed by atoms with Crippen molar-refractivity contribution >= 4 is 11.3 Å². The summed E-state index contributed by atoms with van der Waals surface area (Å²) in [7, 11) is 1.56. The standard InChI is InChI=1S/C21H28O6S/c1-4-12-5-7-13(8-6-12)9-15-11(2)19(26-3)21(28-15)20-18(25)17(24)16(23)14(10-22)27-20/h5-8,14,16-18,20,22-25H,4,9-10H2,1-3H3. The van der Waals surface area contributed by atoms with Crippen LogP contribution < -0.4 is 4.74 Å². The Morgan fingerprint density at radius 2 is 1.68 bits per heavy atom. The van der Waals surface area contributed by atoms with Crippen molar-refractivity contribution in [1.82, 2.24) is 0 Å². The number of thiophene rings is 1. The summed E-state index contributed by atoms with van der Waals surface area (Å²) in [6.07, 6.45) is -4.22. The van der Waals surface area contributed by atoms with Crippen molar-refractivity contribution in [3.63, 3.8) is 0 Å². The molecule has 5 unspecified atom stereocenters. The fourth-order valence-electron chi connectivity index (χ4n) is 3.57. The predicted octanol–water partition coefficient (Wildman–Crippen LogP) is 1.73. The zero-order valence-corrected chi connectivity index (χ0v) is 17.1. The Bertz CT molecular complexity index is 785. The zero-order valence-electron chi connectivity index (χ0n) is 16.3. The minimum atomic E-state index is -1.41. The van der Waals surface area contributed by atoms with Crippen molar-refractivity contribution in [2.75, 3.05) is 13.7 Å². The van der Waals surface area contributed by atoms with Gasteiger partial charge in [-0.25, -0.2) is 0 Å². The van der Waals surface area contributed by atoms with Crippen LogP contribution in [0.3, 0.4) is 0 Å². The summed E-state index contributed by atoms with van der Waals surface area (Å²) < 4.78 is 11.3. The van der Waals surface area contributed by atoms with Crippen molar-refractivity contribution < 1.29 is 29.9 Å². The maximum Gasteiger partial charge on any atom is 0.138 e. The second-order valence-electron chi connectivity index (χ2n) is 7.14. The molecule has 1 aliphatic heterocycles. The molecule has 2 heterocycles. The molecule has 7 heteroatoms. The number of hydrogen-bond donors (Lipinski definition) is 4. The molecule has 6 nitrogen and oxygen atoms in total. The lowest BCUT2D eigenvalue weighted by molar-refractivity contribution is -0.231. The van der Waals surface area contributed by atoms with Gasteiger partial charge in [0.1, 0.15) is 36.3 Å². The predicted molar refractivity (Wildman–Crippen MR) is 107 cm³/mol. The second kappa shape index (κ2) is 8.90. The molecule has 1 saturated heterocycles. The molecular formula is C21H28O6S. The van der Waals surface area contributed by atoms with Gasteiger partial charge in [-0.2, -0.15) is 0 Å². The molecule has 5 atom stereocenters. The Balaban J connectivity index is 1.92. The average Bonchev–Trinajstić information content (AvgIpc) is 3.02. The van der Waals surface area contributed by atoms with Gasteiger partial charge in [0.2, 0.25) is 0 Å². The van der Waals surface area contributed by atoms with E-state index < -0.39 is 37.1 Å². The highest BCUT2D eigenvalue weighted by Crippen LogP contribution is 2.45. The van der Waals surface area contributed by atoms with E-state index in [1.807, 2.05) is 6.92 Å². The molecule has 0 bridgehead atoms. The van der Waals surface area contributed by atoms with Gasteiger partial charge in [0.25, 0.3) is 0 Å². The molecule has 0 aliphatic carbocycles. The van der Waals surface area contributed by atoms with Crippen molar-refractivity contribution in [3.8, 4) is 5.75 Å². The monoisotopic (exact) mass is 408 g/mol. The highest BCUT2D eigenvalue weighted by atomic mass is 32.1. The lowest BCUT2D eigenvalue weighted by atomic mass is 9.94. The van der Waals surface area contributed by atoms with Crippen LogP contribution in [0.2, 0.25) is 0 Å². The highest BCUT2D eigenvalue weighted by Gasteiger charge is 2.45. The van der Waals surface area contributed by atoms with Gasteiger partial charge >= 0.3 is 0 Å². The van der Waals surface area contributed by atoms with E-state index in [1.54, 1.807) is 7.11 Å². The molecule has 0 spiro atoms. The third-order valence-corrected chi connectivity index (χ3v) is 6.70. The smallest absolute Gasteiger partial charge is 0.138 e. The van der Waals surface area contributed by atoms with E-state index in [4.69, 9.17) is 9.47 Å². The van der Waals surface area contributed by atoms with Gasteiger partial charge in [0.15, 0.2) is 0 Å². The summed E-state index contributed by atoms with van der Waals surface area (Å²) in [5, 5.41) is 40.1. The van der Waals surface area contributed by atoms with Crippen molar-refractivity contribution in [2.24, 2.45) is 0 Å². The van der Waals surface area contributed by atoms with Crippen LogP contribution in [0.15, 0.2) is 24.3 Å². The van der Waals surface area contributed by atoms with Gasteiger partial charge in [0.05, 0.1) is 18.6 Å². The maximum absolute atomic E-state index is 10.5. The summed E-state index contributed by atoms with van der Waals surface area (Å²) in [5.74, 6) is 0.606. The van der Waals surface area contributed by atoms with Crippen LogP contribution in [0.1, 0.15) is 39.5 Å². The van der Waals surface area contributed by atoms with Crippen LogP contribution in [0.25, 0.3) is 0 Å². The molecule has 1 aromatic heterocycles. The fraction of sp³-hybridized carbons (Fsp3) is 0.524. The van der Waals surface area contributed by atoms with Crippen LogP contribution >= 0.6 is 11.3 Å². The van der Waals surface area contributed by atoms with Crippen LogP contribution in [0.5, 0.6) is 5.75 Å². The molecule has 1 fully saturated rings. The number of benzene rings is 1. The number of ether oxygens (including phenoxy) is 2. The first kappa shape index (κ1) is 21.2. The average molecular weight is 409 g/mol. The second-order valence-corrected chi connectivity index (χ2v) is 8.28. The lowest BCUT2D eigenvalue weighted by Crippen LogP contribution is -2.55. The zero-order chi connectivity index (χ0) is 20.4. The summed E-state index contributed by atoms with van der Waals surface area (Å²) >= 11 is 1.46. The molecule has 4 N–H and O–H groups in total. The third kappa shape index (κ3) is 3.96. The third-order valence-electron chi connectivity index (χ3n) is 5.37. The van der Waals surface area contributed by atoms with E-state index in [1.165, 1.54) is 22.5 Å². The number of aryl methyl sites for hydroxylation is 1. The Morgan fingerprint density at radius 3 is 2.25 bits per heavy atom. The molecule has 1 aliphatic rings. The normalized spacial score (nSPS) is 27.8. The minimum Gasteiger partial charge on any atom is -0.495 e. The van der Waals surface area contributed by atoms with Crippen molar-refractivity contribution in [1.29, 1.82) is 0 Å². The van der Waals surface area contributed by atoms with Crippen molar-refractivity contribution in [2.45, 2.75) is 57.2 Å². The number of methoxy groups -OCH3 is 1. The Kier molecular flexibility index (Phi) is 6.75. The van der Waals surface area contributed by atoms with Crippen LogP contribution in [0.4, 0.5) is 0 Å². The molecular weight excluding hydrogens is 380 g/mol. The van der Waals surface area contributed by atoms with E-state index in [-0.39, 0.29) is 0 Å². The van der Waals surface area contributed by atoms with Gasteiger partial charge in [-0.3, -0.25) is 0 Å². The lowest BCUT2D eigenvalue weighted by Gasteiger charge is -2.39. The Labute approximate surface area is 169 Å². The first-order chi connectivity index (χ1) is 13.4. The first-order valence-corrected chi connectivity index (χ1v) is 10.3. The van der Waals surface area contributed by atoms with Crippen molar-refractivity contribution in [3.05, 3.63) is 50.7 Å². The van der Waals surface area contributed by atoms with Crippen LogP contribution in [0, 0.1) is 6.92 Å². The molecule has 154 valence electrons. The quantitative estimate of drug-likeness (QED) is 0.581. The van der Waals surface area contributed by atoms with Gasteiger partial charge < -0.3 is 29.9 Å². The van der Waals surface area contributed by atoms with E-state index in [9.17, 15) is 20.4 Å². The molecule has 0 saturated carbocycles. The SMILES string of the molecule is CCc1ccc(Cc2sc(C3OC(CO)C(O)C(O)C3O)c(OC)c2C)cc1. The number of aliphatic hydroxyl groups is 4. The van der Waals surface area contributed by atoms with E-state index >= 15 is 0 Å². The summed E-state index contributed by atoms with van der Waals surface area (Å²) in [4.78, 5) is 1.73. The van der Waals surface area contributed by atoms with Crippen LogP contribution in [-0.2, 0) is 17.6 Å². The van der Waals surface area contributed by atoms with Gasteiger partial charge in [-0.15, -0.1) is 11.3 Å². The van der Waals surface area contributed by atoms with Gasteiger partial charge in [-0.05, 0) is 24.5 Å². The molecule has 28 heavy (non-hydrogen) atoms. The number of rotatable bonds is 6. The summed E-state index contributed by atoms with van der Waals surface area (Å²) in [6, 6.07) is 8.46. The highest BCUT2D eigenvalue weighted by molar-refractivity contribution is 7.12. The number of hydrogen-bond acceptors (Lipinski definition) is 7. The Morgan fingerprint density at radius 1 is 1.04 bits per heavy atom. The molecule has 0 radical (unpaired) electrons. The molecule has 1 aromatic carbocycles. The van der Waals surface area contributed by atoms with E-state index in [2.05, 4.69) is 31.2 Å². The Hall–Kier alpha value is -1.48.